The number of hydrogen-bond donors (Lipinski definition) is 9. The summed E-state index contributed by atoms with van der Waals surface area (Å²) in [5.74, 6) is -5.23. The van der Waals surface area contributed by atoms with Crippen LogP contribution >= 0.6 is 0 Å². The number of hydrogen-bond acceptors (Lipinski definition) is 11. The molecule has 6 amide bonds. The average molecular weight is 842 g/mol. The van der Waals surface area contributed by atoms with Crippen molar-refractivity contribution in [1.29, 1.82) is 0 Å². The summed E-state index contributed by atoms with van der Waals surface area (Å²) < 4.78 is 10.4. The quantitative estimate of drug-likeness (QED) is 0.0649. The van der Waals surface area contributed by atoms with Gasteiger partial charge in [-0.3, -0.25) is 19.2 Å². The molecule has 0 radical (unpaired) electrons. The Kier molecular flexibility index (Phi) is 19.9. The molecule has 60 heavy (non-hydrogen) atoms. The summed E-state index contributed by atoms with van der Waals surface area (Å²) in [6.45, 7) is 13.1. The molecule has 0 aromatic heterocycles. The Morgan fingerprint density at radius 3 is 1.75 bits per heavy atom. The number of aliphatic carboxylic acids is 1. The SMILES string of the molecule is CCCCc1ccc(-c2ccc(C(=O)N[C@@H](CNC(=O)OC(C)(C)C)C(=O)N[C@H](C(=O)N[C@@H](N)C(=O)N[C@@H](CCCCNC(=O)OC(C)(C)C)C(=O)O)[C@@H](C)O)cc2)cc1. The zero-order valence-electron chi connectivity index (χ0n) is 35.8. The van der Waals surface area contributed by atoms with E-state index in [1.165, 1.54) is 12.5 Å². The van der Waals surface area contributed by atoms with Gasteiger partial charge in [0.05, 0.1) is 12.6 Å². The van der Waals surface area contributed by atoms with Crippen molar-refractivity contribution >= 4 is 41.8 Å². The van der Waals surface area contributed by atoms with E-state index in [0.717, 1.165) is 30.4 Å². The van der Waals surface area contributed by atoms with E-state index < -0.39 is 89.9 Å². The third-order valence-corrected chi connectivity index (χ3v) is 8.57. The van der Waals surface area contributed by atoms with Crippen LogP contribution in [0.4, 0.5) is 9.59 Å². The molecule has 0 aliphatic heterocycles. The molecule has 0 heterocycles. The first-order valence-electron chi connectivity index (χ1n) is 20.0. The van der Waals surface area contributed by atoms with E-state index in [1.807, 2.05) is 12.1 Å². The molecule has 0 fully saturated rings. The van der Waals surface area contributed by atoms with Crippen LogP contribution in [-0.4, -0.2) is 107 Å². The summed E-state index contributed by atoms with van der Waals surface area (Å²) in [5.41, 5.74) is 7.53. The monoisotopic (exact) mass is 841 g/mol. The van der Waals surface area contributed by atoms with E-state index in [1.54, 1.807) is 65.8 Å². The first kappa shape index (κ1) is 50.4. The van der Waals surface area contributed by atoms with Gasteiger partial charge in [-0.1, -0.05) is 49.7 Å². The summed E-state index contributed by atoms with van der Waals surface area (Å²) >= 11 is 0. The number of carboxylic acid groups (broad SMARTS) is 1. The Bertz CT molecular complexity index is 1750. The van der Waals surface area contributed by atoms with Crippen LogP contribution in [-0.2, 0) is 35.1 Å². The molecular formula is C42H63N7O11. The number of ether oxygens (including phenoxy) is 2. The average Bonchev–Trinajstić information content (AvgIpc) is 3.15. The summed E-state index contributed by atoms with van der Waals surface area (Å²) in [7, 11) is 0. The molecule has 2 rings (SSSR count). The smallest absolute Gasteiger partial charge is 0.407 e. The van der Waals surface area contributed by atoms with Gasteiger partial charge in [0.25, 0.3) is 11.8 Å². The number of carboxylic acids is 1. The molecule has 2 aromatic carbocycles. The fourth-order valence-electron chi connectivity index (χ4n) is 5.47. The predicted octanol–water partition coefficient (Wildman–Crippen LogP) is 2.85. The van der Waals surface area contributed by atoms with E-state index in [0.29, 0.717) is 6.42 Å². The van der Waals surface area contributed by atoms with Gasteiger partial charge < -0.3 is 57.3 Å². The highest BCUT2D eigenvalue weighted by atomic mass is 16.6. The van der Waals surface area contributed by atoms with E-state index in [2.05, 4.69) is 51.0 Å². The lowest BCUT2D eigenvalue weighted by molar-refractivity contribution is -0.142. The van der Waals surface area contributed by atoms with Crippen LogP contribution in [0.5, 0.6) is 0 Å². The number of nitrogens with two attached hydrogens (primary N) is 1. The van der Waals surface area contributed by atoms with Gasteiger partial charge in [0.2, 0.25) is 11.8 Å². The molecule has 2 aromatic rings. The van der Waals surface area contributed by atoms with Gasteiger partial charge in [0, 0.05) is 12.1 Å². The zero-order valence-corrected chi connectivity index (χ0v) is 35.8. The van der Waals surface area contributed by atoms with Crippen molar-refractivity contribution in [1.82, 2.24) is 31.9 Å². The van der Waals surface area contributed by atoms with Crippen molar-refractivity contribution < 1.29 is 53.2 Å². The maximum Gasteiger partial charge on any atom is 0.407 e. The number of unbranched alkanes of at least 4 members (excludes halogenated alkanes) is 2. The van der Waals surface area contributed by atoms with Gasteiger partial charge in [-0.15, -0.1) is 0 Å². The molecule has 0 spiro atoms. The molecule has 0 saturated heterocycles. The second-order valence-electron chi connectivity index (χ2n) is 16.3. The Labute approximate surface area is 351 Å². The maximum atomic E-state index is 13.6. The topological polar surface area (TPSA) is 277 Å². The lowest BCUT2D eigenvalue weighted by Gasteiger charge is -2.26. The van der Waals surface area contributed by atoms with E-state index in [-0.39, 0.29) is 24.9 Å². The number of rotatable bonds is 21. The van der Waals surface area contributed by atoms with Crippen molar-refractivity contribution in [3.05, 3.63) is 59.7 Å². The van der Waals surface area contributed by atoms with Crippen LogP contribution in [0.2, 0.25) is 0 Å². The minimum Gasteiger partial charge on any atom is -0.480 e. The number of benzene rings is 2. The number of aliphatic hydroxyl groups excluding tert-OH is 1. The molecule has 0 saturated carbocycles. The fraction of sp³-hybridized carbons (Fsp3) is 0.548. The molecule has 0 unspecified atom stereocenters. The summed E-state index contributed by atoms with van der Waals surface area (Å²) in [4.78, 5) is 89.3. The van der Waals surface area contributed by atoms with Crippen LogP contribution in [0, 0.1) is 0 Å². The van der Waals surface area contributed by atoms with E-state index in [9.17, 15) is 43.8 Å². The number of alkyl carbamates (subject to hydrolysis) is 2. The van der Waals surface area contributed by atoms with Crippen molar-refractivity contribution in [2.75, 3.05) is 13.1 Å². The van der Waals surface area contributed by atoms with Gasteiger partial charge in [0.15, 0.2) is 6.17 Å². The molecule has 18 nitrogen and oxygen atoms in total. The van der Waals surface area contributed by atoms with E-state index in [4.69, 9.17) is 15.2 Å². The van der Waals surface area contributed by atoms with Crippen LogP contribution in [0.15, 0.2) is 48.5 Å². The lowest BCUT2D eigenvalue weighted by Crippen LogP contribution is -2.63. The number of carbonyl (C=O) groups is 7. The third kappa shape index (κ3) is 18.9. The number of nitrogens with one attached hydrogen (secondary N) is 6. The number of amides is 6. The molecule has 332 valence electrons. The Morgan fingerprint density at radius 2 is 1.23 bits per heavy atom. The van der Waals surface area contributed by atoms with Crippen LogP contribution in [0.3, 0.4) is 0 Å². The summed E-state index contributed by atoms with van der Waals surface area (Å²) in [5, 5.41) is 34.4. The second kappa shape index (κ2) is 23.7. The van der Waals surface area contributed by atoms with Crippen LogP contribution in [0.1, 0.15) is 103 Å². The first-order chi connectivity index (χ1) is 28.0. The Balaban J connectivity index is 2.11. The third-order valence-electron chi connectivity index (χ3n) is 8.57. The van der Waals surface area contributed by atoms with Crippen LogP contribution in [0.25, 0.3) is 11.1 Å². The minimum atomic E-state index is -1.81. The summed E-state index contributed by atoms with van der Waals surface area (Å²) in [6.07, 6.45) is -1.10. The number of carbonyl (C=O) groups excluding carboxylic acids is 6. The molecule has 0 bridgehead atoms. The Hall–Kier alpha value is -5.75. The van der Waals surface area contributed by atoms with Gasteiger partial charge in [-0.2, -0.15) is 0 Å². The van der Waals surface area contributed by atoms with Crippen molar-refractivity contribution in [2.45, 2.75) is 136 Å². The second-order valence-corrected chi connectivity index (χ2v) is 16.3. The van der Waals surface area contributed by atoms with Crippen molar-refractivity contribution in [3.63, 3.8) is 0 Å². The van der Waals surface area contributed by atoms with Crippen molar-refractivity contribution in [3.8, 4) is 11.1 Å². The largest absolute Gasteiger partial charge is 0.480 e. The molecule has 10 N–H and O–H groups in total. The zero-order chi connectivity index (χ0) is 45.2. The van der Waals surface area contributed by atoms with E-state index >= 15 is 0 Å². The molecular weight excluding hydrogens is 778 g/mol. The predicted molar refractivity (Wildman–Crippen MR) is 223 cm³/mol. The first-order valence-corrected chi connectivity index (χ1v) is 20.0. The highest BCUT2D eigenvalue weighted by molar-refractivity contribution is 5.99. The number of aryl methyl sites for hydroxylation is 1. The highest BCUT2D eigenvalue weighted by Gasteiger charge is 2.33. The lowest BCUT2D eigenvalue weighted by atomic mass is 10.0. The maximum absolute atomic E-state index is 13.6. The summed E-state index contributed by atoms with van der Waals surface area (Å²) in [6, 6.07) is 10.2. The highest BCUT2D eigenvalue weighted by Crippen LogP contribution is 2.21. The van der Waals surface area contributed by atoms with Crippen LogP contribution < -0.4 is 37.6 Å². The fourth-order valence-corrected chi connectivity index (χ4v) is 5.47. The molecule has 0 aliphatic carbocycles. The van der Waals surface area contributed by atoms with Gasteiger partial charge in [-0.25, -0.2) is 14.4 Å². The van der Waals surface area contributed by atoms with Gasteiger partial charge >= 0.3 is 18.2 Å². The molecule has 0 aliphatic rings. The number of aliphatic hydroxyl groups is 1. The van der Waals surface area contributed by atoms with Crippen molar-refractivity contribution in [2.24, 2.45) is 5.73 Å². The Morgan fingerprint density at radius 1 is 0.683 bits per heavy atom. The normalized spacial score (nSPS) is 13.9. The van der Waals surface area contributed by atoms with Gasteiger partial charge in [-0.05, 0) is 109 Å². The molecule has 5 atom stereocenters. The molecule has 18 heteroatoms. The standard InChI is InChI=1S/C42H63N7O11/c1-9-10-13-26-15-17-27(18-16-26)28-19-21-29(22-20-28)34(51)47-31(24-45-40(58)60-42(6,7)8)35(52)48-32(25(2)50)36(53)49-33(43)37(54)46-30(38(55)56)14-11-12-23-44-39(57)59-41(3,4)5/h15-22,25,30-33,50H,9-14,23-24,43H2,1-8H3,(H,44,57)(H,45,58)(H,46,54)(H,47,51)(H,48,52)(H,49,53)(H,55,56)/t25-,30+,31+,32+,33-/m1/s1. The van der Waals surface area contributed by atoms with Gasteiger partial charge in [0.1, 0.15) is 29.3 Å². The minimum absolute atomic E-state index is 0.0361.